The number of halogens is 3. The van der Waals surface area contributed by atoms with Gasteiger partial charge in [0.25, 0.3) is 0 Å². The lowest BCUT2D eigenvalue weighted by Crippen LogP contribution is -2.12. The van der Waals surface area contributed by atoms with Gasteiger partial charge in [-0.05, 0) is 29.5 Å². The number of aromatic nitrogens is 1. The number of benzene rings is 1. The van der Waals surface area contributed by atoms with Crippen LogP contribution >= 0.6 is 11.8 Å². The van der Waals surface area contributed by atoms with Crippen molar-refractivity contribution in [1.82, 2.24) is 10.3 Å². The lowest BCUT2D eigenvalue weighted by atomic mass is 10.2. The van der Waals surface area contributed by atoms with Crippen molar-refractivity contribution >= 4 is 11.8 Å². The van der Waals surface area contributed by atoms with Gasteiger partial charge in [-0.15, -0.1) is 0 Å². The van der Waals surface area contributed by atoms with Crippen LogP contribution in [-0.4, -0.2) is 10.5 Å². The molecule has 1 aromatic carbocycles. The van der Waals surface area contributed by atoms with Crippen molar-refractivity contribution in [2.75, 3.05) is 0 Å². The van der Waals surface area contributed by atoms with Gasteiger partial charge in [0.2, 0.25) is 5.89 Å². The molecule has 0 saturated carbocycles. The fraction of sp³-hybridized carbons (Fsp3) is 0.357. The van der Waals surface area contributed by atoms with Gasteiger partial charge < -0.3 is 9.73 Å². The van der Waals surface area contributed by atoms with E-state index < -0.39 is 5.51 Å². The highest BCUT2D eigenvalue weighted by Gasteiger charge is 2.28. The average Bonchev–Trinajstić information content (AvgIpc) is 2.87. The van der Waals surface area contributed by atoms with Gasteiger partial charge in [-0.3, -0.25) is 0 Å². The first-order valence-electron chi connectivity index (χ1n) is 6.45. The number of nitrogens with one attached hydrogen (secondary N) is 1. The standard InChI is InChI=1S/C14H15F3N2OS/c1-2-11-8-19-13(20-11)9-18-7-10-3-5-12(6-4-10)21-14(15,16)17/h3-6,8,18H,2,7,9H2,1H3. The van der Waals surface area contributed by atoms with E-state index in [0.29, 0.717) is 19.0 Å². The van der Waals surface area contributed by atoms with Gasteiger partial charge in [-0.2, -0.15) is 13.2 Å². The molecular formula is C14H15F3N2OS. The fourth-order valence-electron chi connectivity index (χ4n) is 1.72. The third kappa shape index (κ3) is 5.43. The molecule has 0 aliphatic carbocycles. The number of rotatable bonds is 6. The molecule has 0 saturated heterocycles. The molecule has 7 heteroatoms. The minimum Gasteiger partial charge on any atom is -0.444 e. The number of oxazole rings is 1. The van der Waals surface area contributed by atoms with Crippen LogP contribution in [0.2, 0.25) is 0 Å². The van der Waals surface area contributed by atoms with Gasteiger partial charge in [-0.25, -0.2) is 4.98 Å². The number of hydrogen-bond donors (Lipinski definition) is 1. The molecule has 0 radical (unpaired) electrons. The van der Waals surface area contributed by atoms with E-state index in [0.717, 1.165) is 17.7 Å². The highest BCUT2D eigenvalue weighted by molar-refractivity contribution is 8.00. The molecule has 2 rings (SSSR count). The van der Waals surface area contributed by atoms with Crippen molar-refractivity contribution in [2.24, 2.45) is 0 Å². The van der Waals surface area contributed by atoms with E-state index in [2.05, 4.69) is 10.3 Å². The molecule has 21 heavy (non-hydrogen) atoms. The van der Waals surface area contributed by atoms with E-state index in [1.54, 1.807) is 18.3 Å². The molecule has 0 aliphatic rings. The van der Waals surface area contributed by atoms with Crippen LogP contribution in [0.1, 0.15) is 24.1 Å². The predicted octanol–water partition coefficient (Wildman–Crippen LogP) is 4.14. The van der Waals surface area contributed by atoms with E-state index in [4.69, 9.17) is 4.42 Å². The molecule has 0 fully saturated rings. The fourth-order valence-corrected chi connectivity index (χ4v) is 2.26. The second kappa shape index (κ2) is 7.00. The Labute approximate surface area is 124 Å². The first kappa shape index (κ1) is 15.9. The van der Waals surface area contributed by atoms with Crippen molar-refractivity contribution < 1.29 is 17.6 Å². The van der Waals surface area contributed by atoms with Gasteiger partial charge in [-0.1, -0.05) is 19.1 Å². The molecule has 0 bridgehead atoms. The Morgan fingerprint density at radius 3 is 2.48 bits per heavy atom. The summed E-state index contributed by atoms with van der Waals surface area (Å²) in [5, 5.41) is 3.14. The van der Waals surface area contributed by atoms with E-state index in [-0.39, 0.29) is 16.7 Å². The minimum atomic E-state index is -4.25. The van der Waals surface area contributed by atoms with E-state index in [9.17, 15) is 13.2 Å². The number of thioether (sulfide) groups is 1. The maximum absolute atomic E-state index is 12.2. The van der Waals surface area contributed by atoms with Crippen LogP contribution in [0.5, 0.6) is 0 Å². The molecular weight excluding hydrogens is 301 g/mol. The number of hydrogen-bond acceptors (Lipinski definition) is 4. The van der Waals surface area contributed by atoms with Gasteiger partial charge in [0, 0.05) is 17.9 Å². The van der Waals surface area contributed by atoms with Crippen molar-refractivity contribution in [3.63, 3.8) is 0 Å². The van der Waals surface area contributed by atoms with Crippen LogP contribution in [0.4, 0.5) is 13.2 Å². The van der Waals surface area contributed by atoms with Gasteiger partial charge in [0.05, 0.1) is 12.7 Å². The summed E-state index contributed by atoms with van der Waals surface area (Å²) in [6, 6.07) is 6.28. The minimum absolute atomic E-state index is 0.110. The summed E-state index contributed by atoms with van der Waals surface area (Å²) in [6.07, 6.45) is 2.49. The van der Waals surface area contributed by atoms with Crippen LogP contribution in [-0.2, 0) is 19.5 Å². The quantitative estimate of drug-likeness (QED) is 0.813. The van der Waals surface area contributed by atoms with Crippen LogP contribution in [0.25, 0.3) is 0 Å². The normalized spacial score (nSPS) is 11.8. The first-order valence-corrected chi connectivity index (χ1v) is 7.27. The molecule has 0 atom stereocenters. The third-order valence-corrected chi connectivity index (χ3v) is 3.45. The van der Waals surface area contributed by atoms with Gasteiger partial charge in [0.1, 0.15) is 5.76 Å². The smallest absolute Gasteiger partial charge is 0.444 e. The van der Waals surface area contributed by atoms with Gasteiger partial charge in [0.15, 0.2) is 0 Å². The summed E-state index contributed by atoms with van der Waals surface area (Å²) in [4.78, 5) is 4.30. The Morgan fingerprint density at radius 2 is 1.90 bits per heavy atom. The molecule has 0 amide bonds. The van der Waals surface area contributed by atoms with Crippen LogP contribution in [0.3, 0.4) is 0 Å². The largest absolute Gasteiger partial charge is 0.446 e. The van der Waals surface area contributed by atoms with Crippen LogP contribution in [0.15, 0.2) is 39.8 Å². The zero-order chi connectivity index (χ0) is 15.3. The van der Waals surface area contributed by atoms with Crippen molar-refractivity contribution in [3.8, 4) is 0 Å². The summed E-state index contributed by atoms with van der Waals surface area (Å²) >= 11 is -0.110. The molecule has 1 aromatic heterocycles. The summed E-state index contributed by atoms with van der Waals surface area (Å²) in [5.41, 5.74) is -3.34. The monoisotopic (exact) mass is 316 g/mol. The molecule has 0 aliphatic heterocycles. The Kier molecular flexibility index (Phi) is 5.30. The maximum atomic E-state index is 12.2. The Morgan fingerprint density at radius 1 is 1.19 bits per heavy atom. The van der Waals surface area contributed by atoms with Crippen LogP contribution < -0.4 is 5.32 Å². The molecule has 1 N–H and O–H groups in total. The van der Waals surface area contributed by atoms with E-state index in [1.165, 1.54) is 12.1 Å². The van der Waals surface area contributed by atoms with Gasteiger partial charge >= 0.3 is 5.51 Å². The number of alkyl halides is 3. The van der Waals surface area contributed by atoms with Crippen LogP contribution in [0, 0.1) is 0 Å². The van der Waals surface area contributed by atoms with E-state index in [1.807, 2.05) is 6.92 Å². The molecule has 114 valence electrons. The topological polar surface area (TPSA) is 38.1 Å². The summed E-state index contributed by atoms with van der Waals surface area (Å²) in [7, 11) is 0. The zero-order valence-electron chi connectivity index (χ0n) is 11.4. The van der Waals surface area contributed by atoms with Crippen molar-refractivity contribution in [2.45, 2.75) is 36.8 Å². The lowest BCUT2D eigenvalue weighted by molar-refractivity contribution is -0.0328. The van der Waals surface area contributed by atoms with Crippen molar-refractivity contribution in [3.05, 3.63) is 47.7 Å². The molecule has 3 nitrogen and oxygen atoms in total. The lowest BCUT2D eigenvalue weighted by Gasteiger charge is -2.07. The molecule has 2 aromatic rings. The summed E-state index contributed by atoms with van der Waals surface area (Å²) in [5.74, 6) is 1.44. The Bertz CT molecular complexity index is 566. The Hall–Kier alpha value is -1.47. The number of nitrogens with zero attached hydrogens (tertiary/aromatic N) is 1. The molecule has 0 unspecified atom stereocenters. The highest BCUT2D eigenvalue weighted by Crippen LogP contribution is 2.36. The third-order valence-electron chi connectivity index (χ3n) is 2.71. The SMILES string of the molecule is CCc1cnc(CNCc2ccc(SC(F)(F)F)cc2)o1. The van der Waals surface area contributed by atoms with E-state index >= 15 is 0 Å². The Balaban J connectivity index is 1.80. The number of aryl methyl sites for hydroxylation is 1. The molecule has 1 heterocycles. The van der Waals surface area contributed by atoms with Crippen molar-refractivity contribution in [1.29, 1.82) is 0 Å². The average molecular weight is 316 g/mol. The second-order valence-corrected chi connectivity index (χ2v) is 5.51. The molecule has 0 spiro atoms. The predicted molar refractivity (Wildman–Crippen MR) is 74.8 cm³/mol. The summed E-state index contributed by atoms with van der Waals surface area (Å²) in [6.45, 7) is 3.01. The highest BCUT2D eigenvalue weighted by atomic mass is 32.2. The second-order valence-electron chi connectivity index (χ2n) is 4.37. The maximum Gasteiger partial charge on any atom is 0.446 e. The zero-order valence-corrected chi connectivity index (χ0v) is 12.2. The summed E-state index contributed by atoms with van der Waals surface area (Å²) < 4.78 is 42.0. The first-order chi connectivity index (χ1) is 9.96.